The lowest BCUT2D eigenvalue weighted by atomic mass is 10.00. The number of rotatable bonds is 7. The summed E-state index contributed by atoms with van der Waals surface area (Å²) in [5.41, 5.74) is 0. The van der Waals surface area contributed by atoms with Gasteiger partial charge in [0, 0.05) is 19.6 Å². The Kier molecular flexibility index (Phi) is 11.9. The monoisotopic (exact) mass is 371 g/mol. The van der Waals surface area contributed by atoms with Crippen molar-refractivity contribution in [3.8, 4) is 0 Å². The number of hydrogen-bond donors (Lipinski definition) is 8. The van der Waals surface area contributed by atoms with Gasteiger partial charge >= 0.3 is 0 Å². The third-order valence-corrected chi connectivity index (χ3v) is 3.43. The van der Waals surface area contributed by atoms with Gasteiger partial charge in [-0.15, -0.1) is 0 Å². The maximum atomic E-state index is 9.14. The van der Waals surface area contributed by atoms with Crippen molar-refractivity contribution in [2.45, 2.75) is 69.8 Å². The first-order chi connectivity index (χ1) is 11.5. The molecule has 0 aliphatic carbocycles. The van der Waals surface area contributed by atoms with E-state index in [1.807, 2.05) is 4.90 Å². The highest BCUT2D eigenvalue weighted by atomic mass is 16.6. The minimum absolute atomic E-state index is 0.433. The number of hydrogen-bond acceptors (Lipinski definition) is 10. The van der Waals surface area contributed by atoms with Gasteiger partial charge in [0.25, 0.3) is 0 Å². The molecule has 25 heavy (non-hydrogen) atoms. The van der Waals surface area contributed by atoms with E-state index in [-0.39, 0.29) is 0 Å². The van der Waals surface area contributed by atoms with Gasteiger partial charge in [0.15, 0.2) is 6.29 Å². The normalized spacial score (nSPS) is 33.4. The molecule has 1 rings (SSSR count). The Morgan fingerprint density at radius 3 is 1.48 bits per heavy atom. The van der Waals surface area contributed by atoms with Crippen LogP contribution < -0.4 is 0 Å². The molecule has 0 amide bonds. The Bertz CT molecular complexity index is 314. The van der Waals surface area contributed by atoms with Crippen LogP contribution in [0.3, 0.4) is 0 Å². The van der Waals surface area contributed by atoms with Gasteiger partial charge in [-0.1, -0.05) is 0 Å². The van der Waals surface area contributed by atoms with Crippen molar-refractivity contribution in [1.82, 2.24) is 4.90 Å². The van der Waals surface area contributed by atoms with Gasteiger partial charge in [-0.05, 0) is 20.8 Å². The smallest absolute Gasteiger partial charge is 0.184 e. The summed E-state index contributed by atoms with van der Waals surface area (Å²) < 4.78 is 4.58. The second kappa shape index (κ2) is 12.1. The van der Waals surface area contributed by atoms with Crippen LogP contribution in [0.1, 0.15) is 20.8 Å². The van der Waals surface area contributed by atoms with Crippen molar-refractivity contribution in [3.05, 3.63) is 0 Å². The van der Waals surface area contributed by atoms with E-state index in [9.17, 15) is 0 Å². The van der Waals surface area contributed by atoms with Gasteiger partial charge < -0.3 is 45.6 Å². The van der Waals surface area contributed by atoms with E-state index >= 15 is 0 Å². The molecule has 0 radical (unpaired) electrons. The quantitative estimate of drug-likeness (QED) is 0.222. The van der Waals surface area contributed by atoms with Crippen LogP contribution in [0.5, 0.6) is 0 Å². The van der Waals surface area contributed by atoms with Crippen LogP contribution in [-0.2, 0) is 4.74 Å². The van der Waals surface area contributed by atoms with E-state index in [1.54, 1.807) is 20.8 Å². The third-order valence-electron chi connectivity index (χ3n) is 3.43. The van der Waals surface area contributed by atoms with Gasteiger partial charge in [0.05, 0.1) is 24.9 Å². The average Bonchev–Trinajstić information content (AvgIpc) is 2.47. The molecule has 1 saturated heterocycles. The van der Waals surface area contributed by atoms with Crippen LogP contribution in [-0.4, -0.2) is 121 Å². The lowest BCUT2D eigenvalue weighted by Crippen LogP contribution is -2.58. The minimum atomic E-state index is -1.57. The lowest BCUT2D eigenvalue weighted by molar-refractivity contribution is -0.286. The summed E-state index contributed by atoms with van der Waals surface area (Å²) in [4.78, 5) is 1.85. The summed E-state index contributed by atoms with van der Waals surface area (Å²) in [5, 5.41) is 72.1. The fraction of sp³-hybridized carbons (Fsp3) is 1.00. The zero-order valence-electron chi connectivity index (χ0n) is 14.9. The van der Waals surface area contributed by atoms with Gasteiger partial charge in [-0.3, -0.25) is 4.90 Å². The van der Waals surface area contributed by atoms with E-state index in [1.165, 1.54) is 0 Å². The zero-order chi connectivity index (χ0) is 19.7. The predicted octanol–water partition coefficient (Wildman–Crippen LogP) is -3.79. The summed E-state index contributed by atoms with van der Waals surface area (Å²) >= 11 is 0. The molecule has 1 aliphatic rings. The second-order valence-corrected chi connectivity index (χ2v) is 6.49. The molecule has 1 fully saturated rings. The molecule has 0 aromatic carbocycles. The summed E-state index contributed by atoms with van der Waals surface area (Å²) in [5.74, 6) is 0. The molecule has 152 valence electrons. The molecule has 1 aliphatic heterocycles. The molecular weight excluding hydrogens is 338 g/mol. The van der Waals surface area contributed by atoms with E-state index in [0.29, 0.717) is 19.6 Å². The van der Waals surface area contributed by atoms with Crippen LogP contribution in [0, 0.1) is 0 Å². The number of nitrogens with zero attached hydrogens (tertiary/aromatic N) is 1. The first-order valence-electron chi connectivity index (χ1n) is 8.24. The second-order valence-electron chi connectivity index (χ2n) is 6.49. The lowest BCUT2D eigenvalue weighted by Gasteiger charge is -2.37. The summed E-state index contributed by atoms with van der Waals surface area (Å²) in [6, 6.07) is 0. The highest BCUT2D eigenvalue weighted by Crippen LogP contribution is 2.18. The number of aliphatic hydroxyl groups is 8. The summed E-state index contributed by atoms with van der Waals surface area (Å²) in [7, 11) is 0. The van der Waals surface area contributed by atoms with Gasteiger partial charge in [-0.2, -0.15) is 0 Å². The Balaban J connectivity index is 0.000000462. The maximum absolute atomic E-state index is 9.14. The van der Waals surface area contributed by atoms with Gasteiger partial charge in [0.1, 0.15) is 24.4 Å². The molecule has 8 atom stereocenters. The highest BCUT2D eigenvalue weighted by Gasteiger charge is 2.42. The molecule has 0 aromatic heterocycles. The Labute approximate surface area is 147 Å². The van der Waals surface area contributed by atoms with Crippen molar-refractivity contribution in [3.63, 3.8) is 0 Å². The fourth-order valence-electron chi connectivity index (χ4n) is 2.43. The molecule has 8 N–H and O–H groups in total. The van der Waals surface area contributed by atoms with E-state index in [4.69, 9.17) is 40.9 Å². The third kappa shape index (κ3) is 9.75. The first-order valence-corrected chi connectivity index (χ1v) is 8.24. The Morgan fingerprint density at radius 1 is 0.760 bits per heavy atom. The molecule has 0 aromatic rings. The molecule has 1 heterocycles. The molecule has 0 saturated carbocycles. The standard InChI is InChI=1S/C9H21NO3.C6H12O6/c1-7(11)4-10(5-8(2)12)6-9(3)13;7-1-2-3(8)4(9)5(10)6(11)12-2/h7-9,11-13H,4-6H2,1-3H3;2-11H,1H2/t;2-,3+,4+,5+,6?/m.1/s1. The topological polar surface area (TPSA) is 174 Å². The Morgan fingerprint density at radius 2 is 1.16 bits per heavy atom. The van der Waals surface area contributed by atoms with Gasteiger partial charge in [0.2, 0.25) is 0 Å². The largest absolute Gasteiger partial charge is 0.394 e. The molecule has 4 unspecified atom stereocenters. The van der Waals surface area contributed by atoms with Crippen LogP contribution >= 0.6 is 0 Å². The fourth-order valence-corrected chi connectivity index (χ4v) is 2.43. The molecule has 10 nitrogen and oxygen atoms in total. The van der Waals surface area contributed by atoms with E-state index < -0.39 is 55.6 Å². The van der Waals surface area contributed by atoms with Crippen molar-refractivity contribution in [1.29, 1.82) is 0 Å². The van der Waals surface area contributed by atoms with Crippen LogP contribution in [0.25, 0.3) is 0 Å². The first kappa shape index (κ1) is 24.6. The van der Waals surface area contributed by atoms with Crippen LogP contribution in [0.4, 0.5) is 0 Å². The van der Waals surface area contributed by atoms with Crippen LogP contribution in [0.15, 0.2) is 0 Å². The zero-order valence-corrected chi connectivity index (χ0v) is 14.9. The maximum Gasteiger partial charge on any atom is 0.184 e. The molecule has 10 heteroatoms. The van der Waals surface area contributed by atoms with Crippen molar-refractivity contribution in [2.24, 2.45) is 0 Å². The van der Waals surface area contributed by atoms with E-state index in [0.717, 1.165) is 0 Å². The molecule has 0 bridgehead atoms. The van der Waals surface area contributed by atoms with Gasteiger partial charge in [-0.25, -0.2) is 0 Å². The summed E-state index contributed by atoms with van der Waals surface area (Å²) in [6.45, 7) is 5.99. The molecule has 0 spiro atoms. The van der Waals surface area contributed by atoms with Crippen molar-refractivity contribution < 1.29 is 45.6 Å². The predicted molar refractivity (Wildman–Crippen MR) is 87.5 cm³/mol. The minimum Gasteiger partial charge on any atom is -0.394 e. The van der Waals surface area contributed by atoms with Crippen molar-refractivity contribution >= 4 is 0 Å². The SMILES string of the molecule is CC(O)CN(CC(C)O)CC(C)O.OC[C@H]1OC(O)[C@@H](O)[C@@H](O)[C@H]1O. The van der Waals surface area contributed by atoms with Crippen LogP contribution in [0.2, 0.25) is 0 Å². The average molecular weight is 371 g/mol. The van der Waals surface area contributed by atoms with Crippen molar-refractivity contribution in [2.75, 3.05) is 26.2 Å². The number of ether oxygens (including phenoxy) is 1. The molecular formula is C15H33NO9. The number of aliphatic hydroxyl groups excluding tert-OH is 8. The van der Waals surface area contributed by atoms with E-state index in [2.05, 4.69) is 4.74 Å². The Hall–Kier alpha value is -0.400. The highest BCUT2D eigenvalue weighted by molar-refractivity contribution is 4.87. The summed E-state index contributed by atoms with van der Waals surface area (Å²) in [6.07, 6.45) is -8.34.